The van der Waals surface area contributed by atoms with E-state index >= 15 is 0 Å². The number of amides is 3. The van der Waals surface area contributed by atoms with Crippen molar-refractivity contribution in [1.82, 2.24) is 10.2 Å². The maximum absolute atomic E-state index is 12.9. The van der Waals surface area contributed by atoms with Crippen LogP contribution >= 0.6 is 0 Å². The fourth-order valence-corrected chi connectivity index (χ4v) is 2.79. The molecule has 23 heavy (non-hydrogen) atoms. The smallest absolute Gasteiger partial charge is 0.246 e. The number of likely N-dealkylation sites (tertiary alicyclic amines) is 1. The van der Waals surface area contributed by atoms with Crippen molar-refractivity contribution in [3.05, 3.63) is 0 Å². The van der Waals surface area contributed by atoms with E-state index in [1.807, 2.05) is 27.7 Å². The van der Waals surface area contributed by atoms with Gasteiger partial charge in [0.2, 0.25) is 17.7 Å². The summed E-state index contributed by atoms with van der Waals surface area (Å²) >= 11 is 0. The molecule has 128 valence electrons. The van der Waals surface area contributed by atoms with E-state index < -0.39 is 23.4 Å². The second-order valence-electron chi connectivity index (χ2n) is 7.32. The number of primary amides is 1. The Morgan fingerprint density at radius 2 is 2.00 bits per heavy atom. The van der Waals surface area contributed by atoms with Crippen molar-refractivity contribution in [2.24, 2.45) is 17.1 Å². The second-order valence-corrected chi connectivity index (χ2v) is 7.32. The minimum atomic E-state index is -0.722. The molecule has 0 aromatic carbocycles. The van der Waals surface area contributed by atoms with Crippen LogP contribution in [0.4, 0.5) is 0 Å². The Kier molecular flexibility index (Phi) is 6.20. The predicted molar refractivity (Wildman–Crippen MR) is 87.9 cm³/mol. The zero-order valence-corrected chi connectivity index (χ0v) is 14.4. The third-order valence-corrected chi connectivity index (χ3v) is 4.04. The highest BCUT2D eigenvalue weighted by molar-refractivity contribution is 5.92. The summed E-state index contributed by atoms with van der Waals surface area (Å²) in [4.78, 5) is 38.0. The maximum atomic E-state index is 12.9. The van der Waals surface area contributed by atoms with Gasteiger partial charge in [-0.1, -0.05) is 27.7 Å². The van der Waals surface area contributed by atoms with Crippen LogP contribution in [0.1, 0.15) is 47.0 Å². The standard InChI is InChI=1S/C17H27N3O3/c1-6-7-8-13(21)19-14(17(3,4)5)16(23)20-10-11(2)9-12(20)15(18)22/h1,11-12,14H,7-10H2,2-5H3,(H2,18,22)(H,19,21)/t11?,12-,14+/m0/s1. The van der Waals surface area contributed by atoms with Crippen molar-refractivity contribution in [1.29, 1.82) is 0 Å². The number of nitrogens with one attached hydrogen (secondary N) is 1. The minimum absolute atomic E-state index is 0.173. The summed E-state index contributed by atoms with van der Waals surface area (Å²) in [5, 5.41) is 2.76. The van der Waals surface area contributed by atoms with Crippen LogP contribution < -0.4 is 11.1 Å². The molecule has 6 nitrogen and oxygen atoms in total. The van der Waals surface area contributed by atoms with Crippen molar-refractivity contribution >= 4 is 17.7 Å². The van der Waals surface area contributed by atoms with Gasteiger partial charge in [0.1, 0.15) is 12.1 Å². The molecule has 0 aromatic heterocycles. The summed E-state index contributed by atoms with van der Waals surface area (Å²) in [6, 6.07) is -1.33. The fraction of sp³-hybridized carbons (Fsp3) is 0.706. The van der Waals surface area contributed by atoms with Crippen molar-refractivity contribution in [2.75, 3.05) is 6.54 Å². The number of hydrogen-bond donors (Lipinski definition) is 2. The number of carbonyl (C=O) groups is 3. The van der Waals surface area contributed by atoms with Crippen LogP contribution in [0.2, 0.25) is 0 Å². The summed E-state index contributed by atoms with van der Waals surface area (Å²) < 4.78 is 0. The lowest BCUT2D eigenvalue weighted by Crippen LogP contribution is -2.57. The van der Waals surface area contributed by atoms with Crippen molar-refractivity contribution in [3.63, 3.8) is 0 Å². The Hall–Kier alpha value is -2.03. The average molecular weight is 321 g/mol. The summed E-state index contributed by atoms with van der Waals surface area (Å²) in [6.07, 6.45) is 6.22. The number of nitrogens with zero attached hydrogens (tertiary/aromatic N) is 1. The highest BCUT2D eigenvalue weighted by Crippen LogP contribution is 2.28. The molecule has 3 N–H and O–H groups in total. The van der Waals surface area contributed by atoms with Gasteiger partial charge in [0.05, 0.1) is 0 Å². The first-order valence-corrected chi connectivity index (χ1v) is 7.90. The zero-order chi connectivity index (χ0) is 17.8. The van der Waals surface area contributed by atoms with Gasteiger partial charge in [0, 0.05) is 19.4 Å². The maximum Gasteiger partial charge on any atom is 0.246 e. The Morgan fingerprint density at radius 1 is 1.39 bits per heavy atom. The van der Waals surface area contributed by atoms with Crippen LogP contribution in [0.3, 0.4) is 0 Å². The molecule has 1 heterocycles. The average Bonchev–Trinajstić information content (AvgIpc) is 2.83. The molecule has 3 atom stereocenters. The number of carbonyl (C=O) groups excluding carboxylic acids is 3. The molecular formula is C17H27N3O3. The van der Waals surface area contributed by atoms with Gasteiger partial charge < -0.3 is 16.0 Å². The molecule has 1 aliphatic heterocycles. The van der Waals surface area contributed by atoms with E-state index in [-0.39, 0.29) is 24.2 Å². The highest BCUT2D eigenvalue weighted by atomic mass is 16.2. The monoisotopic (exact) mass is 321 g/mol. The molecule has 1 fully saturated rings. The van der Waals surface area contributed by atoms with Gasteiger partial charge in [0.25, 0.3) is 0 Å². The quantitative estimate of drug-likeness (QED) is 0.728. The normalized spacial score (nSPS) is 22.3. The molecular weight excluding hydrogens is 294 g/mol. The first-order chi connectivity index (χ1) is 10.6. The lowest BCUT2D eigenvalue weighted by Gasteiger charge is -2.35. The molecule has 1 unspecified atom stereocenters. The summed E-state index contributed by atoms with van der Waals surface area (Å²) in [6.45, 7) is 8.06. The van der Waals surface area contributed by atoms with Crippen LogP contribution in [0, 0.1) is 23.7 Å². The molecule has 0 aliphatic carbocycles. The van der Waals surface area contributed by atoms with E-state index in [0.29, 0.717) is 19.4 Å². The van der Waals surface area contributed by atoms with E-state index in [1.54, 1.807) is 0 Å². The first-order valence-electron chi connectivity index (χ1n) is 7.90. The fourth-order valence-electron chi connectivity index (χ4n) is 2.79. The Bertz CT molecular complexity index is 516. The lowest BCUT2D eigenvalue weighted by molar-refractivity contribution is -0.143. The Labute approximate surface area is 138 Å². The number of nitrogens with two attached hydrogens (primary N) is 1. The Morgan fingerprint density at radius 3 is 2.48 bits per heavy atom. The molecule has 1 aliphatic rings. The molecule has 0 aromatic rings. The van der Waals surface area contributed by atoms with E-state index in [1.165, 1.54) is 4.90 Å². The molecule has 0 saturated carbocycles. The van der Waals surface area contributed by atoms with Gasteiger partial charge in [-0.05, 0) is 17.8 Å². The van der Waals surface area contributed by atoms with E-state index in [2.05, 4.69) is 11.2 Å². The molecule has 6 heteroatoms. The van der Waals surface area contributed by atoms with Crippen molar-refractivity contribution in [3.8, 4) is 12.3 Å². The van der Waals surface area contributed by atoms with E-state index in [9.17, 15) is 14.4 Å². The van der Waals surface area contributed by atoms with Crippen LogP contribution in [-0.4, -0.2) is 41.2 Å². The summed E-state index contributed by atoms with van der Waals surface area (Å²) in [7, 11) is 0. The van der Waals surface area contributed by atoms with Crippen molar-refractivity contribution < 1.29 is 14.4 Å². The largest absolute Gasteiger partial charge is 0.368 e. The highest BCUT2D eigenvalue weighted by Gasteiger charge is 2.43. The second kappa shape index (κ2) is 7.49. The van der Waals surface area contributed by atoms with Gasteiger partial charge >= 0.3 is 0 Å². The van der Waals surface area contributed by atoms with Gasteiger partial charge in [-0.25, -0.2) is 0 Å². The van der Waals surface area contributed by atoms with Gasteiger partial charge in [-0.15, -0.1) is 12.3 Å². The van der Waals surface area contributed by atoms with Crippen LogP contribution in [0.5, 0.6) is 0 Å². The minimum Gasteiger partial charge on any atom is -0.368 e. The molecule has 0 radical (unpaired) electrons. The molecule has 0 spiro atoms. The number of hydrogen-bond acceptors (Lipinski definition) is 3. The van der Waals surface area contributed by atoms with Gasteiger partial charge in [-0.2, -0.15) is 0 Å². The van der Waals surface area contributed by atoms with E-state index in [0.717, 1.165) is 0 Å². The van der Waals surface area contributed by atoms with Crippen LogP contribution in [0.25, 0.3) is 0 Å². The van der Waals surface area contributed by atoms with Crippen molar-refractivity contribution in [2.45, 2.75) is 59.0 Å². The summed E-state index contributed by atoms with van der Waals surface area (Å²) in [5.41, 5.74) is 4.93. The molecule has 0 bridgehead atoms. The SMILES string of the molecule is C#CCCC(=O)N[C@H](C(=O)N1CC(C)C[C@H]1C(N)=O)C(C)(C)C. The number of terminal acetylenes is 1. The molecule has 3 amide bonds. The van der Waals surface area contributed by atoms with E-state index in [4.69, 9.17) is 12.2 Å². The van der Waals surface area contributed by atoms with Crippen LogP contribution in [0.15, 0.2) is 0 Å². The first kappa shape index (κ1) is 19.0. The third-order valence-electron chi connectivity index (χ3n) is 4.04. The van der Waals surface area contributed by atoms with Gasteiger partial charge in [0.15, 0.2) is 0 Å². The zero-order valence-electron chi connectivity index (χ0n) is 14.4. The predicted octanol–water partition coefficient (Wildman–Crippen LogP) is 0.653. The Balaban J connectivity index is 2.94. The lowest BCUT2D eigenvalue weighted by atomic mass is 9.85. The van der Waals surface area contributed by atoms with Gasteiger partial charge in [-0.3, -0.25) is 14.4 Å². The summed E-state index contributed by atoms with van der Waals surface area (Å²) in [5.74, 6) is 1.57. The topological polar surface area (TPSA) is 92.5 Å². The third kappa shape index (κ3) is 4.98. The molecule has 1 rings (SSSR count). The van der Waals surface area contributed by atoms with Crippen LogP contribution in [-0.2, 0) is 14.4 Å². The number of rotatable bonds is 5. The molecule has 1 saturated heterocycles.